The maximum Gasteiger partial charge on any atom is -0.0294 e. The quantitative estimate of drug-likeness (QED) is 0.449. The molecule has 2 rings (SSSR count). The van der Waals surface area contributed by atoms with E-state index in [0.29, 0.717) is 0 Å². The first-order valence-corrected chi connectivity index (χ1v) is 3.81. The molecule has 0 aromatic rings. The Morgan fingerprint density at radius 3 is 2.75 bits per heavy atom. The first kappa shape index (κ1) is 4.84. The predicted octanol–water partition coefficient (Wildman–Crippen LogP) is 2.59. The first-order chi connectivity index (χ1) is 3.81. The second-order valence-corrected chi connectivity index (χ2v) is 3.80. The molecular formula is C8H14. The van der Waals surface area contributed by atoms with Crippen LogP contribution in [0.4, 0.5) is 0 Å². The summed E-state index contributed by atoms with van der Waals surface area (Å²) in [6.45, 7) is 2.46. The van der Waals surface area contributed by atoms with E-state index in [4.69, 9.17) is 0 Å². The molecular weight excluding hydrogens is 96.1 g/mol. The summed E-state index contributed by atoms with van der Waals surface area (Å²) in [4.78, 5) is 0. The summed E-state index contributed by atoms with van der Waals surface area (Å²) < 4.78 is 0. The van der Waals surface area contributed by atoms with Crippen molar-refractivity contribution in [2.45, 2.75) is 39.0 Å². The van der Waals surface area contributed by atoms with Gasteiger partial charge in [-0.3, -0.25) is 0 Å². The molecule has 2 fully saturated rings. The first-order valence-electron chi connectivity index (χ1n) is 3.81. The van der Waals surface area contributed by atoms with Crippen LogP contribution >= 0.6 is 0 Å². The van der Waals surface area contributed by atoms with Gasteiger partial charge in [-0.15, -0.1) is 0 Å². The van der Waals surface area contributed by atoms with Crippen molar-refractivity contribution >= 4 is 0 Å². The molecule has 0 aromatic heterocycles. The fraction of sp³-hybridized carbons (Fsp3) is 1.00. The van der Waals surface area contributed by atoms with Gasteiger partial charge in [0.25, 0.3) is 0 Å². The maximum absolute atomic E-state index is 2.46. The highest BCUT2D eigenvalue weighted by atomic mass is 14.5. The predicted molar refractivity (Wildman–Crippen MR) is 34.7 cm³/mol. The summed E-state index contributed by atoms with van der Waals surface area (Å²) in [6, 6.07) is 0. The molecule has 46 valence electrons. The van der Waals surface area contributed by atoms with Crippen LogP contribution in [0.3, 0.4) is 0 Å². The van der Waals surface area contributed by atoms with Crippen molar-refractivity contribution in [2.75, 3.05) is 0 Å². The molecule has 1 unspecified atom stereocenters. The van der Waals surface area contributed by atoms with Gasteiger partial charge in [0.2, 0.25) is 0 Å². The van der Waals surface area contributed by atoms with Crippen LogP contribution in [0, 0.1) is 11.3 Å². The van der Waals surface area contributed by atoms with Gasteiger partial charge in [-0.1, -0.05) is 19.8 Å². The third-order valence-electron chi connectivity index (χ3n) is 3.09. The summed E-state index contributed by atoms with van der Waals surface area (Å²) >= 11 is 0. The Kier molecular flexibility index (Phi) is 0.778. The Balaban J connectivity index is 2.04. The van der Waals surface area contributed by atoms with Gasteiger partial charge in [0.1, 0.15) is 0 Å². The van der Waals surface area contributed by atoms with Gasteiger partial charge < -0.3 is 0 Å². The molecule has 2 aliphatic rings. The van der Waals surface area contributed by atoms with E-state index in [1.807, 2.05) is 0 Å². The molecule has 2 saturated carbocycles. The molecule has 2 atom stereocenters. The normalized spacial score (nSPS) is 52.9. The Bertz CT molecular complexity index is 105. The zero-order valence-electron chi connectivity index (χ0n) is 5.61. The lowest BCUT2D eigenvalue weighted by molar-refractivity contribution is 0.366. The van der Waals surface area contributed by atoms with Gasteiger partial charge in [0, 0.05) is 0 Å². The summed E-state index contributed by atoms with van der Waals surface area (Å²) in [5.41, 5.74) is 0.845. The van der Waals surface area contributed by atoms with Crippen molar-refractivity contribution in [1.29, 1.82) is 0 Å². The van der Waals surface area contributed by atoms with Gasteiger partial charge in [0.05, 0.1) is 0 Å². The average Bonchev–Trinajstić information content (AvgIpc) is 2.39. The topological polar surface area (TPSA) is 0 Å². The van der Waals surface area contributed by atoms with E-state index in [9.17, 15) is 0 Å². The third kappa shape index (κ3) is 0.519. The molecule has 0 spiro atoms. The van der Waals surface area contributed by atoms with Crippen LogP contribution in [0.15, 0.2) is 0 Å². The third-order valence-corrected chi connectivity index (χ3v) is 3.09. The van der Waals surface area contributed by atoms with Crippen molar-refractivity contribution in [3.05, 3.63) is 0 Å². The largest absolute Gasteiger partial charge is 0.0594 e. The fourth-order valence-electron chi connectivity index (χ4n) is 2.18. The van der Waals surface area contributed by atoms with E-state index in [0.717, 1.165) is 11.3 Å². The lowest BCUT2D eigenvalue weighted by Gasteiger charge is -2.15. The molecule has 2 aliphatic carbocycles. The summed E-state index contributed by atoms with van der Waals surface area (Å²) in [6.07, 6.45) is 7.63. The van der Waals surface area contributed by atoms with Crippen LogP contribution in [0.25, 0.3) is 0 Å². The van der Waals surface area contributed by atoms with E-state index >= 15 is 0 Å². The van der Waals surface area contributed by atoms with Crippen molar-refractivity contribution in [1.82, 2.24) is 0 Å². The highest BCUT2D eigenvalue weighted by Crippen LogP contribution is 2.60. The fourth-order valence-corrected chi connectivity index (χ4v) is 2.18. The summed E-state index contributed by atoms with van der Waals surface area (Å²) in [5, 5.41) is 0. The van der Waals surface area contributed by atoms with Crippen LogP contribution in [-0.4, -0.2) is 0 Å². The second kappa shape index (κ2) is 1.29. The minimum absolute atomic E-state index is 0.845. The number of fused-ring (bicyclic) bond motifs is 1. The Morgan fingerprint density at radius 1 is 1.38 bits per heavy atom. The van der Waals surface area contributed by atoms with E-state index in [2.05, 4.69) is 6.92 Å². The van der Waals surface area contributed by atoms with Crippen LogP contribution in [0.2, 0.25) is 0 Å². The van der Waals surface area contributed by atoms with E-state index in [1.165, 1.54) is 25.7 Å². The molecule has 0 aliphatic heterocycles. The lowest BCUT2D eigenvalue weighted by atomic mass is 9.90. The van der Waals surface area contributed by atoms with Crippen LogP contribution < -0.4 is 0 Å². The van der Waals surface area contributed by atoms with E-state index < -0.39 is 0 Å². The van der Waals surface area contributed by atoms with Crippen molar-refractivity contribution in [3.8, 4) is 0 Å². The van der Waals surface area contributed by atoms with Gasteiger partial charge >= 0.3 is 0 Å². The molecule has 0 N–H and O–H groups in total. The zero-order chi connectivity index (χ0) is 5.61. The summed E-state index contributed by atoms with van der Waals surface area (Å²) in [5.74, 6) is 1.15. The monoisotopic (exact) mass is 110 g/mol. The standard InChI is InChI=1S/C8H14/c1-8-5-3-2-4-7(8)6-8/h7H,2-6H2,1H3/t7-,8?/m1/s1. The Labute approximate surface area is 51.3 Å². The minimum Gasteiger partial charge on any atom is -0.0594 e. The van der Waals surface area contributed by atoms with Gasteiger partial charge in [-0.25, -0.2) is 0 Å². The van der Waals surface area contributed by atoms with E-state index in [1.54, 1.807) is 6.42 Å². The molecule has 0 nitrogen and oxygen atoms in total. The van der Waals surface area contributed by atoms with Crippen LogP contribution in [-0.2, 0) is 0 Å². The second-order valence-electron chi connectivity index (χ2n) is 3.80. The molecule has 0 saturated heterocycles. The van der Waals surface area contributed by atoms with Crippen LogP contribution in [0.1, 0.15) is 39.0 Å². The number of rotatable bonds is 0. The Hall–Kier alpha value is 0. The molecule has 0 bridgehead atoms. The SMILES string of the molecule is CC12CCCC[C@@H]1C2. The van der Waals surface area contributed by atoms with Gasteiger partial charge in [-0.2, -0.15) is 0 Å². The minimum atomic E-state index is 0.845. The number of hydrogen-bond acceptors (Lipinski definition) is 0. The highest BCUT2D eigenvalue weighted by Gasteiger charge is 2.50. The maximum atomic E-state index is 2.46. The lowest BCUT2D eigenvalue weighted by Crippen LogP contribution is -2.03. The van der Waals surface area contributed by atoms with Gasteiger partial charge in [-0.05, 0) is 30.6 Å². The zero-order valence-corrected chi connectivity index (χ0v) is 5.61. The molecule has 8 heavy (non-hydrogen) atoms. The average molecular weight is 110 g/mol. The van der Waals surface area contributed by atoms with Crippen LogP contribution in [0.5, 0.6) is 0 Å². The number of hydrogen-bond donors (Lipinski definition) is 0. The molecule has 0 amide bonds. The molecule has 0 aromatic carbocycles. The molecule has 0 heterocycles. The van der Waals surface area contributed by atoms with E-state index in [-0.39, 0.29) is 0 Å². The smallest absolute Gasteiger partial charge is 0.0294 e. The molecule has 0 radical (unpaired) electrons. The van der Waals surface area contributed by atoms with Gasteiger partial charge in [0.15, 0.2) is 0 Å². The van der Waals surface area contributed by atoms with Crippen molar-refractivity contribution in [2.24, 2.45) is 11.3 Å². The van der Waals surface area contributed by atoms with Crippen molar-refractivity contribution in [3.63, 3.8) is 0 Å². The summed E-state index contributed by atoms with van der Waals surface area (Å²) in [7, 11) is 0. The van der Waals surface area contributed by atoms with Crippen molar-refractivity contribution < 1.29 is 0 Å². The highest BCUT2D eigenvalue weighted by molar-refractivity contribution is 5.00. The molecule has 0 heteroatoms. The Morgan fingerprint density at radius 2 is 2.25 bits per heavy atom.